The Bertz CT molecular complexity index is 855. The molecule has 0 unspecified atom stereocenters. The average molecular weight is 336 g/mol. The number of nitrogens with zero attached hydrogens (tertiary/aromatic N) is 6. The molecule has 1 aliphatic rings. The standard InChI is InChI=1S/C18H20N6O/c1-22-13-16(17(21-22)14-5-8-19-9-6-14)18(25)23-10-2-4-15(12-23)24-11-3-7-20-24/h3,5-9,11,13,15H,2,4,10,12H2,1H3/t15-/m1/s1. The predicted octanol–water partition coefficient (Wildman–Crippen LogP) is 2.16. The molecule has 4 rings (SSSR count). The summed E-state index contributed by atoms with van der Waals surface area (Å²) in [4.78, 5) is 19.1. The second kappa shape index (κ2) is 6.51. The molecule has 128 valence electrons. The number of hydrogen-bond acceptors (Lipinski definition) is 4. The molecule has 0 aromatic carbocycles. The first-order chi connectivity index (χ1) is 12.2. The maximum atomic E-state index is 13.1. The largest absolute Gasteiger partial charge is 0.336 e. The zero-order valence-electron chi connectivity index (χ0n) is 14.1. The van der Waals surface area contributed by atoms with Gasteiger partial charge in [0.15, 0.2) is 0 Å². The smallest absolute Gasteiger partial charge is 0.257 e. The lowest BCUT2D eigenvalue weighted by Gasteiger charge is -2.32. The monoisotopic (exact) mass is 336 g/mol. The van der Waals surface area contributed by atoms with Gasteiger partial charge in [0.05, 0.1) is 11.6 Å². The van der Waals surface area contributed by atoms with E-state index in [1.54, 1.807) is 29.5 Å². The Kier molecular flexibility index (Phi) is 4.05. The van der Waals surface area contributed by atoms with Gasteiger partial charge in [0.25, 0.3) is 5.91 Å². The van der Waals surface area contributed by atoms with Crippen LogP contribution in [0.3, 0.4) is 0 Å². The summed E-state index contributed by atoms with van der Waals surface area (Å²) in [6.07, 6.45) is 11.0. The van der Waals surface area contributed by atoms with Crippen molar-refractivity contribution >= 4 is 5.91 Å². The molecule has 0 spiro atoms. The van der Waals surface area contributed by atoms with Crippen LogP contribution in [0.4, 0.5) is 0 Å². The molecule has 0 bridgehead atoms. The van der Waals surface area contributed by atoms with Crippen LogP contribution in [0, 0.1) is 0 Å². The van der Waals surface area contributed by atoms with E-state index in [-0.39, 0.29) is 11.9 Å². The zero-order chi connectivity index (χ0) is 17.2. The third-order valence-electron chi connectivity index (χ3n) is 4.60. The maximum Gasteiger partial charge on any atom is 0.257 e. The number of aryl methyl sites for hydroxylation is 1. The van der Waals surface area contributed by atoms with Crippen molar-refractivity contribution in [3.8, 4) is 11.3 Å². The van der Waals surface area contributed by atoms with Gasteiger partial charge in [-0.3, -0.25) is 19.1 Å². The Hall–Kier alpha value is -2.96. The van der Waals surface area contributed by atoms with Gasteiger partial charge in [-0.05, 0) is 31.0 Å². The third kappa shape index (κ3) is 3.05. The molecule has 25 heavy (non-hydrogen) atoms. The van der Waals surface area contributed by atoms with Crippen LogP contribution in [-0.4, -0.2) is 48.4 Å². The normalized spacial score (nSPS) is 17.6. The fraction of sp³-hybridized carbons (Fsp3) is 0.333. The van der Waals surface area contributed by atoms with Gasteiger partial charge in [-0.1, -0.05) is 0 Å². The molecule has 1 fully saturated rings. The van der Waals surface area contributed by atoms with E-state index >= 15 is 0 Å². The number of carbonyl (C=O) groups is 1. The van der Waals surface area contributed by atoms with Gasteiger partial charge in [-0.2, -0.15) is 10.2 Å². The summed E-state index contributed by atoms with van der Waals surface area (Å²) in [5, 5.41) is 8.82. The van der Waals surface area contributed by atoms with Crippen LogP contribution in [0.15, 0.2) is 49.2 Å². The number of hydrogen-bond donors (Lipinski definition) is 0. The minimum absolute atomic E-state index is 0.0248. The third-order valence-corrected chi connectivity index (χ3v) is 4.60. The van der Waals surface area contributed by atoms with Crippen molar-refractivity contribution in [1.29, 1.82) is 0 Å². The van der Waals surface area contributed by atoms with Crippen molar-refractivity contribution < 1.29 is 4.79 Å². The number of likely N-dealkylation sites (tertiary alicyclic amines) is 1. The van der Waals surface area contributed by atoms with Crippen LogP contribution in [0.25, 0.3) is 11.3 Å². The lowest BCUT2D eigenvalue weighted by atomic mass is 10.0. The van der Waals surface area contributed by atoms with Crippen molar-refractivity contribution in [3.63, 3.8) is 0 Å². The molecule has 3 aromatic heterocycles. The van der Waals surface area contributed by atoms with E-state index in [1.165, 1.54) is 0 Å². The molecule has 1 atom stereocenters. The van der Waals surface area contributed by atoms with E-state index in [4.69, 9.17) is 0 Å². The number of aromatic nitrogens is 5. The van der Waals surface area contributed by atoms with Crippen molar-refractivity contribution in [2.24, 2.45) is 7.05 Å². The highest BCUT2D eigenvalue weighted by atomic mass is 16.2. The highest BCUT2D eigenvalue weighted by Gasteiger charge is 2.28. The average Bonchev–Trinajstić information content (AvgIpc) is 3.32. The molecule has 1 saturated heterocycles. The van der Waals surface area contributed by atoms with E-state index in [9.17, 15) is 4.79 Å². The summed E-state index contributed by atoms with van der Waals surface area (Å²) >= 11 is 0. The maximum absolute atomic E-state index is 13.1. The van der Waals surface area contributed by atoms with Gasteiger partial charge < -0.3 is 4.90 Å². The predicted molar refractivity (Wildman–Crippen MR) is 92.8 cm³/mol. The summed E-state index contributed by atoms with van der Waals surface area (Å²) in [5.41, 5.74) is 2.24. The van der Waals surface area contributed by atoms with Gasteiger partial charge in [0.1, 0.15) is 5.69 Å². The van der Waals surface area contributed by atoms with Crippen molar-refractivity contribution in [3.05, 3.63) is 54.7 Å². The molecular formula is C18H20N6O. The quantitative estimate of drug-likeness (QED) is 0.735. The number of piperidine rings is 1. The highest BCUT2D eigenvalue weighted by Crippen LogP contribution is 2.26. The molecule has 1 aliphatic heterocycles. The molecule has 0 N–H and O–H groups in total. The molecule has 1 amide bonds. The Labute approximate surface area is 145 Å². The first-order valence-electron chi connectivity index (χ1n) is 8.45. The van der Waals surface area contributed by atoms with Crippen molar-refractivity contribution in [2.75, 3.05) is 13.1 Å². The Morgan fingerprint density at radius 1 is 1.24 bits per heavy atom. The molecule has 7 nitrogen and oxygen atoms in total. The summed E-state index contributed by atoms with van der Waals surface area (Å²) < 4.78 is 3.64. The minimum atomic E-state index is 0.0248. The van der Waals surface area contributed by atoms with Gasteiger partial charge in [-0.15, -0.1) is 0 Å². The van der Waals surface area contributed by atoms with Crippen LogP contribution >= 0.6 is 0 Å². The lowest BCUT2D eigenvalue weighted by Crippen LogP contribution is -2.40. The van der Waals surface area contributed by atoms with E-state index in [2.05, 4.69) is 15.2 Å². The summed E-state index contributed by atoms with van der Waals surface area (Å²) in [6, 6.07) is 5.90. The topological polar surface area (TPSA) is 68.8 Å². The van der Waals surface area contributed by atoms with Crippen molar-refractivity contribution in [2.45, 2.75) is 18.9 Å². The number of carbonyl (C=O) groups excluding carboxylic acids is 1. The van der Waals surface area contributed by atoms with Crippen LogP contribution in [0.2, 0.25) is 0 Å². The molecule has 0 aliphatic carbocycles. The van der Waals surface area contributed by atoms with E-state index in [1.807, 2.05) is 41.0 Å². The number of pyridine rings is 1. The molecule has 3 aromatic rings. The van der Waals surface area contributed by atoms with Gasteiger partial charge >= 0.3 is 0 Å². The molecular weight excluding hydrogens is 316 g/mol. The summed E-state index contributed by atoms with van der Waals surface area (Å²) in [7, 11) is 1.84. The fourth-order valence-electron chi connectivity index (χ4n) is 3.39. The van der Waals surface area contributed by atoms with Gasteiger partial charge in [-0.25, -0.2) is 0 Å². The minimum Gasteiger partial charge on any atom is -0.336 e. The lowest BCUT2D eigenvalue weighted by molar-refractivity contribution is 0.0673. The molecule has 0 radical (unpaired) electrons. The summed E-state index contributed by atoms with van der Waals surface area (Å²) in [6.45, 7) is 1.44. The SMILES string of the molecule is Cn1cc(C(=O)N2CCC[C@@H](n3cccn3)C2)c(-c2ccncc2)n1. The van der Waals surface area contributed by atoms with Crippen LogP contribution in [0.5, 0.6) is 0 Å². The molecule has 7 heteroatoms. The van der Waals surface area contributed by atoms with Crippen molar-refractivity contribution in [1.82, 2.24) is 29.4 Å². The Balaban J connectivity index is 1.61. The molecule has 4 heterocycles. The van der Waals surface area contributed by atoms with Crippen LogP contribution in [0.1, 0.15) is 29.2 Å². The van der Waals surface area contributed by atoms with Gasteiger partial charge in [0.2, 0.25) is 0 Å². The highest BCUT2D eigenvalue weighted by molar-refractivity contribution is 5.99. The second-order valence-corrected chi connectivity index (χ2v) is 6.33. The first-order valence-corrected chi connectivity index (χ1v) is 8.45. The van der Waals surface area contributed by atoms with Crippen LogP contribution in [-0.2, 0) is 7.05 Å². The molecule has 0 saturated carbocycles. The van der Waals surface area contributed by atoms with E-state index in [0.717, 1.165) is 24.9 Å². The first kappa shape index (κ1) is 15.6. The zero-order valence-corrected chi connectivity index (χ0v) is 14.1. The van der Waals surface area contributed by atoms with Crippen LogP contribution < -0.4 is 0 Å². The number of rotatable bonds is 3. The van der Waals surface area contributed by atoms with Gasteiger partial charge in [0, 0.05) is 56.7 Å². The second-order valence-electron chi connectivity index (χ2n) is 6.33. The summed E-state index contributed by atoms with van der Waals surface area (Å²) in [5.74, 6) is 0.0248. The van der Waals surface area contributed by atoms with E-state index < -0.39 is 0 Å². The Morgan fingerprint density at radius 2 is 2.08 bits per heavy atom. The Morgan fingerprint density at radius 3 is 2.84 bits per heavy atom. The number of amides is 1. The fourth-order valence-corrected chi connectivity index (χ4v) is 3.39. The van der Waals surface area contributed by atoms with E-state index in [0.29, 0.717) is 17.8 Å².